The molecule has 3 atom stereocenters. The van der Waals surface area contributed by atoms with E-state index < -0.39 is 23.3 Å². The quantitative estimate of drug-likeness (QED) is 0.302. The first-order valence-electron chi connectivity index (χ1n) is 15.3. The lowest BCUT2D eigenvalue weighted by Crippen LogP contribution is -2.43. The third-order valence-electron chi connectivity index (χ3n) is 9.60. The lowest BCUT2D eigenvalue weighted by Gasteiger charge is -2.30. The summed E-state index contributed by atoms with van der Waals surface area (Å²) in [4.78, 5) is 31.7. The van der Waals surface area contributed by atoms with E-state index >= 15 is 4.39 Å². The van der Waals surface area contributed by atoms with Crippen molar-refractivity contribution in [3.05, 3.63) is 53.4 Å². The Kier molecular flexibility index (Phi) is 7.39. The highest BCUT2D eigenvalue weighted by Gasteiger charge is 2.49. The van der Waals surface area contributed by atoms with Crippen molar-refractivity contribution in [1.82, 2.24) is 29.7 Å². The second-order valence-corrected chi connectivity index (χ2v) is 12.7. The average Bonchev–Trinajstić information content (AvgIpc) is 3.74. The first kappa shape index (κ1) is 30.0. The monoisotopic (exact) mass is 630 g/mol. The van der Waals surface area contributed by atoms with E-state index in [1.54, 1.807) is 19.0 Å². The van der Waals surface area contributed by atoms with E-state index in [1.807, 2.05) is 0 Å². The number of carbonyl (C=O) groups is 1. The van der Waals surface area contributed by atoms with Crippen LogP contribution in [0.3, 0.4) is 0 Å². The van der Waals surface area contributed by atoms with Crippen LogP contribution in [0.1, 0.15) is 42.9 Å². The summed E-state index contributed by atoms with van der Waals surface area (Å²) in [7, 11) is 3.36. The average molecular weight is 631 g/mol. The number of aromatic hydroxyl groups is 1. The first-order chi connectivity index (χ1) is 22.1. The third-order valence-corrected chi connectivity index (χ3v) is 9.60. The van der Waals surface area contributed by atoms with Crippen LogP contribution < -0.4 is 4.74 Å². The Balaban J connectivity index is 1.36. The molecule has 1 N–H and O–H groups in total. The number of carbonyl (C=O) groups excluding carboxylic acids is 1. The van der Waals surface area contributed by atoms with Crippen molar-refractivity contribution in [2.45, 2.75) is 43.3 Å². The number of amides is 2. The standard InChI is InChI=1S/C34H33F3N6O3/c1-4-23-26(36)7-6-19-12-22(44)13-24(27(19)23)30-28(37)31-25(15-38-30)29(20-8-11-42(16-20)33(45)41(2)3)39-32(40-31)46-18-34-9-5-10-43(34)17-21(35)14-34/h1,6-7,12-13,15,20-21,44H,5,8-11,14,16-18H2,2-3H3/t20?,21-,34+/m1/s1. The molecule has 3 aliphatic heterocycles. The van der Waals surface area contributed by atoms with Gasteiger partial charge in [-0.15, -0.1) is 6.42 Å². The van der Waals surface area contributed by atoms with Crippen LogP contribution in [0.4, 0.5) is 18.0 Å². The fraction of sp³-hybridized carbons (Fsp3) is 0.412. The Morgan fingerprint density at radius 2 is 2.04 bits per heavy atom. The third kappa shape index (κ3) is 4.94. The summed E-state index contributed by atoms with van der Waals surface area (Å²) in [6, 6.07) is 5.16. The summed E-state index contributed by atoms with van der Waals surface area (Å²) in [6.07, 6.45) is 8.80. The number of hydrogen-bond donors (Lipinski definition) is 1. The van der Waals surface area contributed by atoms with Crippen LogP contribution in [0, 0.1) is 24.0 Å². The number of hydrogen-bond acceptors (Lipinski definition) is 7. The highest BCUT2D eigenvalue weighted by atomic mass is 19.1. The molecule has 3 fully saturated rings. The number of ether oxygens (including phenoxy) is 1. The van der Waals surface area contributed by atoms with Gasteiger partial charge in [0, 0.05) is 68.6 Å². The number of terminal acetylenes is 1. The summed E-state index contributed by atoms with van der Waals surface area (Å²) in [6.45, 7) is 2.13. The van der Waals surface area contributed by atoms with E-state index in [9.17, 15) is 18.7 Å². The minimum atomic E-state index is -0.948. The molecule has 0 bridgehead atoms. The predicted octanol–water partition coefficient (Wildman–Crippen LogP) is 5.24. The van der Waals surface area contributed by atoms with Crippen molar-refractivity contribution in [2.24, 2.45) is 0 Å². The number of rotatable bonds is 5. The summed E-state index contributed by atoms with van der Waals surface area (Å²) in [5.74, 6) is 0.430. The topological polar surface area (TPSA) is 94.9 Å². The van der Waals surface area contributed by atoms with Gasteiger partial charge in [-0.25, -0.2) is 18.0 Å². The van der Waals surface area contributed by atoms with Crippen molar-refractivity contribution >= 4 is 27.7 Å². The maximum atomic E-state index is 16.8. The second kappa shape index (κ2) is 11.3. The first-order valence-corrected chi connectivity index (χ1v) is 15.3. The lowest BCUT2D eigenvalue weighted by atomic mass is 9.95. The molecule has 5 heterocycles. The summed E-state index contributed by atoms with van der Waals surface area (Å²) in [5, 5.41) is 11.5. The molecule has 2 aromatic heterocycles. The van der Waals surface area contributed by atoms with Gasteiger partial charge in [-0.2, -0.15) is 9.97 Å². The molecule has 3 saturated heterocycles. The molecule has 4 aromatic rings. The minimum absolute atomic E-state index is 0.0596. The molecule has 0 spiro atoms. The highest BCUT2D eigenvalue weighted by molar-refractivity contribution is 6.02. The molecule has 0 saturated carbocycles. The zero-order valence-corrected chi connectivity index (χ0v) is 25.6. The van der Waals surface area contributed by atoms with Crippen molar-refractivity contribution in [1.29, 1.82) is 0 Å². The van der Waals surface area contributed by atoms with Gasteiger partial charge in [0.05, 0.1) is 16.8 Å². The highest BCUT2D eigenvalue weighted by Crippen LogP contribution is 2.42. The lowest BCUT2D eigenvalue weighted by molar-refractivity contribution is 0.107. The molecule has 238 valence electrons. The molecule has 3 aliphatic rings. The Hall–Kier alpha value is -4.63. The molecule has 1 unspecified atom stereocenters. The van der Waals surface area contributed by atoms with Gasteiger partial charge in [0.15, 0.2) is 5.82 Å². The van der Waals surface area contributed by atoms with E-state index in [2.05, 4.69) is 20.8 Å². The number of aromatic nitrogens is 3. The number of benzene rings is 2. The van der Waals surface area contributed by atoms with Gasteiger partial charge < -0.3 is 19.6 Å². The van der Waals surface area contributed by atoms with Gasteiger partial charge in [-0.1, -0.05) is 12.0 Å². The molecule has 9 nitrogen and oxygen atoms in total. The van der Waals surface area contributed by atoms with Gasteiger partial charge in [-0.3, -0.25) is 9.88 Å². The smallest absolute Gasteiger partial charge is 0.319 e. The minimum Gasteiger partial charge on any atom is -0.508 e. The van der Waals surface area contributed by atoms with Crippen molar-refractivity contribution < 1.29 is 27.8 Å². The summed E-state index contributed by atoms with van der Waals surface area (Å²) >= 11 is 0. The molecule has 0 radical (unpaired) electrons. The fourth-order valence-electron chi connectivity index (χ4n) is 7.46. The number of nitrogens with zero attached hydrogens (tertiary/aromatic N) is 6. The van der Waals surface area contributed by atoms with Gasteiger partial charge in [0.2, 0.25) is 0 Å². The Labute approximate surface area is 264 Å². The zero-order chi connectivity index (χ0) is 32.3. The normalized spacial score (nSPS) is 22.8. The number of phenols is 1. The largest absolute Gasteiger partial charge is 0.508 e. The molecule has 7 rings (SSSR count). The molecule has 46 heavy (non-hydrogen) atoms. The maximum absolute atomic E-state index is 16.8. The zero-order valence-electron chi connectivity index (χ0n) is 25.6. The van der Waals surface area contributed by atoms with Crippen LogP contribution in [0.2, 0.25) is 0 Å². The number of fused-ring (bicyclic) bond motifs is 3. The van der Waals surface area contributed by atoms with Crippen LogP contribution in [0.25, 0.3) is 32.9 Å². The number of alkyl halides is 1. The van der Waals surface area contributed by atoms with Crippen LogP contribution in [-0.2, 0) is 0 Å². The SMILES string of the molecule is C#Cc1c(F)ccc2cc(O)cc(-c3ncc4c(C5CCN(C(=O)N(C)C)C5)nc(OC[C@@]56CCCN5C[C@H](F)C6)nc4c3F)c12. The number of halogens is 3. The van der Waals surface area contributed by atoms with E-state index in [1.165, 1.54) is 35.4 Å². The summed E-state index contributed by atoms with van der Waals surface area (Å²) < 4.78 is 52.2. The Bertz CT molecular complexity index is 1930. The van der Waals surface area contributed by atoms with E-state index in [4.69, 9.17) is 16.1 Å². The van der Waals surface area contributed by atoms with Gasteiger partial charge in [0.1, 0.15) is 35.6 Å². The number of pyridine rings is 1. The number of urea groups is 1. The molecule has 2 amide bonds. The summed E-state index contributed by atoms with van der Waals surface area (Å²) in [5.41, 5.74) is -0.224. The van der Waals surface area contributed by atoms with Crippen LogP contribution in [-0.4, -0.2) is 99.4 Å². The second-order valence-electron chi connectivity index (χ2n) is 12.7. The van der Waals surface area contributed by atoms with E-state index in [0.717, 1.165) is 19.4 Å². The Morgan fingerprint density at radius 3 is 2.83 bits per heavy atom. The maximum Gasteiger partial charge on any atom is 0.319 e. The van der Waals surface area contributed by atoms with Gasteiger partial charge >= 0.3 is 12.0 Å². The molecular formula is C34H33F3N6O3. The van der Waals surface area contributed by atoms with E-state index in [-0.39, 0.29) is 58.0 Å². The number of phenolic OH excluding ortho intramolecular Hbond substituents is 1. The van der Waals surface area contributed by atoms with Crippen LogP contribution in [0.5, 0.6) is 11.8 Å². The van der Waals surface area contributed by atoms with E-state index in [0.29, 0.717) is 48.9 Å². The molecule has 12 heteroatoms. The Morgan fingerprint density at radius 1 is 1.22 bits per heavy atom. The van der Waals surface area contributed by atoms with Crippen molar-refractivity contribution in [3.63, 3.8) is 0 Å². The molecule has 2 aromatic carbocycles. The van der Waals surface area contributed by atoms with Gasteiger partial charge in [-0.05, 0) is 49.4 Å². The fourth-order valence-corrected chi connectivity index (χ4v) is 7.46. The molecular weight excluding hydrogens is 597 g/mol. The van der Waals surface area contributed by atoms with Gasteiger partial charge in [0.25, 0.3) is 0 Å². The van der Waals surface area contributed by atoms with Crippen molar-refractivity contribution in [3.8, 4) is 35.4 Å². The van der Waals surface area contributed by atoms with Crippen LogP contribution >= 0.6 is 0 Å². The predicted molar refractivity (Wildman–Crippen MR) is 166 cm³/mol. The van der Waals surface area contributed by atoms with Crippen LogP contribution in [0.15, 0.2) is 30.5 Å². The molecule has 0 aliphatic carbocycles. The number of likely N-dealkylation sites (tertiary alicyclic amines) is 1. The van der Waals surface area contributed by atoms with Crippen molar-refractivity contribution in [2.75, 3.05) is 46.9 Å².